The molecular formula is C62H46N2. The third-order valence-corrected chi connectivity index (χ3v) is 11.7. The number of hydrogen-bond acceptors (Lipinski definition) is 2. The van der Waals surface area contributed by atoms with Crippen LogP contribution >= 0.6 is 0 Å². The van der Waals surface area contributed by atoms with E-state index in [4.69, 9.17) is 0 Å². The lowest BCUT2D eigenvalue weighted by Gasteiger charge is -2.26. The van der Waals surface area contributed by atoms with E-state index in [-0.39, 0.29) is 0 Å². The minimum Gasteiger partial charge on any atom is -0.311 e. The van der Waals surface area contributed by atoms with Crippen LogP contribution in [0.1, 0.15) is 11.1 Å². The summed E-state index contributed by atoms with van der Waals surface area (Å²) < 4.78 is 0. The molecule has 2 nitrogen and oxygen atoms in total. The van der Waals surface area contributed by atoms with Crippen LogP contribution in [0.15, 0.2) is 267 Å². The first-order valence-electron chi connectivity index (χ1n) is 21.8. The van der Waals surface area contributed by atoms with Gasteiger partial charge in [0.2, 0.25) is 0 Å². The zero-order valence-corrected chi connectivity index (χ0v) is 35.5. The number of hydrogen-bond donors (Lipinski definition) is 0. The topological polar surface area (TPSA) is 6.48 Å². The highest BCUT2D eigenvalue weighted by Crippen LogP contribution is 2.39. The van der Waals surface area contributed by atoms with Crippen LogP contribution in [0, 0.1) is 0 Å². The lowest BCUT2D eigenvalue weighted by atomic mass is 10.0. The molecule has 0 aliphatic heterocycles. The summed E-state index contributed by atoms with van der Waals surface area (Å²) >= 11 is 0. The number of para-hydroxylation sites is 2. The molecule has 0 saturated heterocycles. The van der Waals surface area contributed by atoms with E-state index >= 15 is 0 Å². The first-order chi connectivity index (χ1) is 31.7. The summed E-state index contributed by atoms with van der Waals surface area (Å²) in [5.74, 6) is 0. The van der Waals surface area contributed by atoms with Crippen molar-refractivity contribution in [1.29, 1.82) is 0 Å². The van der Waals surface area contributed by atoms with Crippen LogP contribution in [0.25, 0.3) is 56.7 Å². The van der Waals surface area contributed by atoms with Gasteiger partial charge in [-0.2, -0.15) is 0 Å². The molecule has 0 aliphatic rings. The first-order valence-corrected chi connectivity index (χ1v) is 21.8. The van der Waals surface area contributed by atoms with Crippen molar-refractivity contribution >= 4 is 46.3 Å². The highest BCUT2D eigenvalue weighted by atomic mass is 15.1. The molecule has 10 aromatic rings. The Morgan fingerprint density at radius 1 is 0.172 bits per heavy atom. The lowest BCUT2D eigenvalue weighted by molar-refractivity contribution is 1.28. The summed E-state index contributed by atoms with van der Waals surface area (Å²) in [6.45, 7) is 0. The molecule has 0 saturated carbocycles. The van der Waals surface area contributed by atoms with Crippen molar-refractivity contribution in [2.45, 2.75) is 0 Å². The Labute approximate surface area is 377 Å². The van der Waals surface area contributed by atoms with E-state index in [9.17, 15) is 0 Å². The molecule has 0 spiro atoms. The molecule has 0 heterocycles. The van der Waals surface area contributed by atoms with Crippen molar-refractivity contribution in [2.75, 3.05) is 9.80 Å². The van der Waals surface area contributed by atoms with Gasteiger partial charge in [0.05, 0.1) is 0 Å². The van der Waals surface area contributed by atoms with Gasteiger partial charge in [-0.05, 0) is 128 Å². The zero-order chi connectivity index (χ0) is 42.9. The van der Waals surface area contributed by atoms with Crippen LogP contribution in [0.2, 0.25) is 0 Å². The normalized spacial score (nSPS) is 11.1. The highest BCUT2D eigenvalue weighted by molar-refractivity contribution is 5.82. The van der Waals surface area contributed by atoms with Crippen LogP contribution in [0.3, 0.4) is 0 Å². The number of rotatable bonds is 12. The third-order valence-electron chi connectivity index (χ3n) is 11.7. The second-order valence-corrected chi connectivity index (χ2v) is 15.8. The Morgan fingerprint density at radius 2 is 0.359 bits per heavy atom. The largest absolute Gasteiger partial charge is 0.311 e. The van der Waals surface area contributed by atoms with E-state index in [1.54, 1.807) is 0 Å². The van der Waals surface area contributed by atoms with Gasteiger partial charge in [0.25, 0.3) is 0 Å². The van der Waals surface area contributed by atoms with Gasteiger partial charge in [0.1, 0.15) is 0 Å². The summed E-state index contributed by atoms with van der Waals surface area (Å²) in [7, 11) is 0. The van der Waals surface area contributed by atoms with E-state index in [1.807, 2.05) is 0 Å². The molecule has 0 aromatic heterocycles. The standard InChI is InChI=1S/C62H46N2/c1-5-13-49(14-6-1)53-31-39-60(40-32-53)64(61-41-33-54(34-42-61)50-15-7-2-8-16-50)62-45-37-56(38-46-62)52-29-25-48(26-30-52)22-21-47-23-27-51(28-24-47)55-35-43-59(44-36-55)63(57-17-9-3-10-18-57)58-19-11-4-12-20-58/h1-46H/b22-21+. The molecule has 0 N–H and O–H groups in total. The van der Waals surface area contributed by atoms with Gasteiger partial charge in [-0.25, -0.2) is 0 Å². The summed E-state index contributed by atoms with van der Waals surface area (Å²) in [5.41, 5.74) is 18.6. The second-order valence-electron chi connectivity index (χ2n) is 15.8. The van der Waals surface area contributed by atoms with E-state index in [0.717, 1.165) is 45.3 Å². The van der Waals surface area contributed by atoms with Crippen LogP contribution < -0.4 is 9.80 Å². The molecule has 0 atom stereocenters. The van der Waals surface area contributed by atoms with Gasteiger partial charge in [-0.1, -0.05) is 206 Å². The van der Waals surface area contributed by atoms with Crippen LogP contribution in [0.5, 0.6) is 0 Å². The second kappa shape index (κ2) is 18.7. The smallest absolute Gasteiger partial charge is 0.0462 e. The average molecular weight is 819 g/mol. The van der Waals surface area contributed by atoms with E-state index < -0.39 is 0 Å². The average Bonchev–Trinajstić information content (AvgIpc) is 3.38. The minimum absolute atomic E-state index is 1.10. The Kier molecular flexibility index (Phi) is 11.6. The monoisotopic (exact) mass is 818 g/mol. The quantitative estimate of drug-likeness (QED) is 0.113. The fourth-order valence-electron chi connectivity index (χ4n) is 8.29. The maximum atomic E-state index is 2.33. The van der Waals surface area contributed by atoms with E-state index in [0.29, 0.717) is 0 Å². The summed E-state index contributed by atoms with van der Waals surface area (Å²) in [6, 6.07) is 95.1. The van der Waals surface area contributed by atoms with Crippen LogP contribution in [-0.4, -0.2) is 0 Å². The summed E-state index contributed by atoms with van der Waals surface area (Å²) in [6.07, 6.45) is 4.37. The van der Waals surface area contributed by atoms with Crippen molar-refractivity contribution in [3.8, 4) is 44.5 Å². The van der Waals surface area contributed by atoms with Crippen LogP contribution in [0.4, 0.5) is 34.1 Å². The molecule has 0 amide bonds. The molecule has 0 radical (unpaired) electrons. The van der Waals surface area contributed by atoms with Gasteiger partial charge in [0.15, 0.2) is 0 Å². The van der Waals surface area contributed by atoms with Crippen molar-refractivity contribution in [3.05, 3.63) is 278 Å². The molecule has 10 aromatic carbocycles. The maximum absolute atomic E-state index is 2.33. The Morgan fingerprint density at radius 3 is 0.609 bits per heavy atom. The lowest BCUT2D eigenvalue weighted by Crippen LogP contribution is -2.09. The fourth-order valence-corrected chi connectivity index (χ4v) is 8.29. The first kappa shape index (κ1) is 39.7. The van der Waals surface area contributed by atoms with Crippen molar-refractivity contribution in [2.24, 2.45) is 0 Å². The van der Waals surface area contributed by atoms with Gasteiger partial charge >= 0.3 is 0 Å². The molecule has 64 heavy (non-hydrogen) atoms. The molecule has 0 unspecified atom stereocenters. The van der Waals surface area contributed by atoms with Gasteiger partial charge in [-0.15, -0.1) is 0 Å². The SMILES string of the molecule is C(=C\c1ccc(-c2ccc(N(c3ccc(-c4ccccc4)cc3)c3ccc(-c4ccccc4)cc3)cc2)cc1)/c1ccc(-c2ccc(N(c3ccccc3)c3ccccc3)cc2)cc1. The predicted molar refractivity (Wildman–Crippen MR) is 273 cm³/mol. The number of anilines is 6. The van der Waals surface area contributed by atoms with Crippen molar-refractivity contribution in [1.82, 2.24) is 0 Å². The molecule has 0 bridgehead atoms. The number of benzene rings is 10. The molecule has 2 heteroatoms. The molecule has 304 valence electrons. The number of nitrogens with zero attached hydrogens (tertiary/aromatic N) is 2. The Balaban J connectivity index is 0.832. The Bertz CT molecular complexity index is 2930. The van der Waals surface area contributed by atoms with E-state index in [2.05, 4.69) is 289 Å². The van der Waals surface area contributed by atoms with Crippen molar-refractivity contribution in [3.63, 3.8) is 0 Å². The molecule has 0 aliphatic carbocycles. The Hall–Kier alpha value is -8.46. The fraction of sp³-hybridized carbons (Fsp3) is 0. The van der Waals surface area contributed by atoms with E-state index in [1.165, 1.54) is 44.5 Å². The molecule has 0 fully saturated rings. The molecule has 10 rings (SSSR count). The van der Waals surface area contributed by atoms with Gasteiger partial charge in [-0.3, -0.25) is 0 Å². The molecular weight excluding hydrogens is 773 g/mol. The van der Waals surface area contributed by atoms with Crippen LogP contribution in [-0.2, 0) is 0 Å². The predicted octanol–water partition coefficient (Wildman–Crippen LogP) is 17.5. The third kappa shape index (κ3) is 8.95. The minimum atomic E-state index is 1.10. The summed E-state index contributed by atoms with van der Waals surface area (Å²) in [5, 5.41) is 0. The highest BCUT2D eigenvalue weighted by Gasteiger charge is 2.15. The maximum Gasteiger partial charge on any atom is 0.0462 e. The zero-order valence-electron chi connectivity index (χ0n) is 35.5. The summed E-state index contributed by atoms with van der Waals surface area (Å²) in [4.78, 5) is 4.62. The van der Waals surface area contributed by atoms with Gasteiger partial charge < -0.3 is 9.80 Å². The van der Waals surface area contributed by atoms with Crippen molar-refractivity contribution < 1.29 is 0 Å². The van der Waals surface area contributed by atoms with Gasteiger partial charge in [0, 0.05) is 34.1 Å².